The van der Waals surface area contributed by atoms with Crippen molar-refractivity contribution in [2.75, 3.05) is 0 Å². The Morgan fingerprint density at radius 3 is 1.42 bits per heavy atom. The van der Waals surface area contributed by atoms with Crippen molar-refractivity contribution >= 4 is 43.1 Å². The summed E-state index contributed by atoms with van der Waals surface area (Å²) in [7, 11) is 0. The number of rotatable bonds is 7. The topological polar surface area (TPSA) is 25.8 Å². The minimum absolute atomic E-state index is 0.700. The number of benzene rings is 11. The molecule has 0 unspecified atom stereocenters. The fourth-order valence-electron chi connectivity index (χ4n) is 9.76. The Hall–Kier alpha value is -8.46. The maximum Gasteiger partial charge on any atom is 0.160 e. The van der Waals surface area contributed by atoms with Crippen LogP contribution < -0.4 is 0 Å². The van der Waals surface area contributed by atoms with E-state index in [0.717, 1.165) is 44.8 Å². The average Bonchev–Trinajstić information content (AvgIpc) is 3.38. The molecular formula is C62H40N2. The van der Waals surface area contributed by atoms with Crippen LogP contribution in [0.15, 0.2) is 243 Å². The van der Waals surface area contributed by atoms with Gasteiger partial charge >= 0.3 is 0 Å². The van der Waals surface area contributed by atoms with Crippen molar-refractivity contribution in [2.45, 2.75) is 0 Å². The van der Waals surface area contributed by atoms with Crippen LogP contribution >= 0.6 is 0 Å². The van der Waals surface area contributed by atoms with Crippen LogP contribution in [0.2, 0.25) is 0 Å². The molecule has 0 atom stereocenters. The third kappa shape index (κ3) is 6.44. The van der Waals surface area contributed by atoms with Crippen molar-refractivity contribution in [3.63, 3.8) is 0 Å². The van der Waals surface area contributed by atoms with E-state index in [9.17, 15) is 0 Å². The van der Waals surface area contributed by atoms with Crippen molar-refractivity contribution in [1.29, 1.82) is 0 Å². The monoisotopic (exact) mass is 812 g/mol. The number of hydrogen-bond acceptors (Lipinski definition) is 2. The molecule has 0 saturated heterocycles. The van der Waals surface area contributed by atoms with Gasteiger partial charge in [-0.25, -0.2) is 9.97 Å². The first kappa shape index (κ1) is 37.3. The van der Waals surface area contributed by atoms with Gasteiger partial charge in [-0.05, 0) is 93.7 Å². The van der Waals surface area contributed by atoms with Crippen LogP contribution in [-0.4, -0.2) is 9.97 Å². The van der Waals surface area contributed by atoms with Gasteiger partial charge in [0.1, 0.15) is 0 Å². The van der Waals surface area contributed by atoms with E-state index in [4.69, 9.17) is 9.97 Å². The second-order valence-electron chi connectivity index (χ2n) is 16.4. The molecule has 0 bridgehead atoms. The minimum Gasteiger partial charge on any atom is -0.228 e. The van der Waals surface area contributed by atoms with Crippen LogP contribution in [0.3, 0.4) is 0 Å². The van der Waals surface area contributed by atoms with Crippen LogP contribution in [-0.2, 0) is 0 Å². The van der Waals surface area contributed by atoms with E-state index in [0.29, 0.717) is 5.82 Å². The first-order valence-corrected chi connectivity index (χ1v) is 21.9. The molecule has 12 rings (SSSR count). The van der Waals surface area contributed by atoms with Crippen molar-refractivity contribution in [2.24, 2.45) is 0 Å². The molecule has 0 fully saturated rings. The Morgan fingerprint density at radius 2 is 0.719 bits per heavy atom. The summed E-state index contributed by atoms with van der Waals surface area (Å²) < 4.78 is 0. The molecule has 298 valence electrons. The molecule has 0 aliphatic heterocycles. The molecule has 0 radical (unpaired) electrons. The lowest BCUT2D eigenvalue weighted by molar-refractivity contribution is 1.18. The summed E-state index contributed by atoms with van der Waals surface area (Å²) in [6.45, 7) is 0. The summed E-state index contributed by atoms with van der Waals surface area (Å²) in [6.07, 6.45) is 0. The second-order valence-corrected chi connectivity index (χ2v) is 16.4. The lowest BCUT2D eigenvalue weighted by Crippen LogP contribution is -1.97. The summed E-state index contributed by atoms with van der Waals surface area (Å²) in [5, 5.41) is 9.98. The largest absolute Gasteiger partial charge is 0.228 e. The van der Waals surface area contributed by atoms with Gasteiger partial charge < -0.3 is 0 Å². The zero-order chi connectivity index (χ0) is 42.4. The fourth-order valence-corrected chi connectivity index (χ4v) is 9.76. The number of aromatic nitrogens is 2. The number of nitrogens with zero attached hydrogens (tertiary/aromatic N) is 2. The standard InChI is InChI=1S/C62H40N2/c1-4-18-41(19-5-1)47-25-12-15-29-52(47)58-40-57(63-62(64-58)46-23-8-3-9-24-46)44-34-32-43(33-35-44)48-38-39-55(51-28-14-13-27-50(48)51)60-54-31-17-16-30-53(54)59(45-21-6-2-7-22-45)61-49-26-11-10-20-42(49)36-37-56(60)61/h1-40H. The molecule has 0 spiro atoms. The smallest absolute Gasteiger partial charge is 0.160 e. The number of hydrogen-bond donors (Lipinski definition) is 0. The number of fused-ring (bicyclic) bond motifs is 5. The van der Waals surface area contributed by atoms with Crippen LogP contribution in [0, 0.1) is 0 Å². The molecule has 2 nitrogen and oxygen atoms in total. The molecule has 1 heterocycles. The predicted octanol–water partition coefficient (Wildman–Crippen LogP) is 16.8. The predicted molar refractivity (Wildman–Crippen MR) is 270 cm³/mol. The molecule has 2 heteroatoms. The molecular weight excluding hydrogens is 773 g/mol. The summed E-state index contributed by atoms with van der Waals surface area (Å²) in [4.78, 5) is 10.4. The van der Waals surface area contributed by atoms with Crippen molar-refractivity contribution in [3.8, 4) is 78.4 Å². The molecule has 12 aromatic rings. The van der Waals surface area contributed by atoms with Gasteiger partial charge in [-0.2, -0.15) is 0 Å². The van der Waals surface area contributed by atoms with E-state index >= 15 is 0 Å². The van der Waals surface area contributed by atoms with Gasteiger partial charge in [0.05, 0.1) is 11.4 Å². The molecule has 64 heavy (non-hydrogen) atoms. The van der Waals surface area contributed by atoms with E-state index in [1.165, 1.54) is 70.9 Å². The lowest BCUT2D eigenvalue weighted by atomic mass is 9.82. The van der Waals surface area contributed by atoms with E-state index in [2.05, 4.69) is 224 Å². The van der Waals surface area contributed by atoms with Crippen LogP contribution in [0.4, 0.5) is 0 Å². The average molecular weight is 813 g/mol. The van der Waals surface area contributed by atoms with Crippen molar-refractivity contribution in [3.05, 3.63) is 243 Å². The molecule has 0 saturated carbocycles. The summed E-state index contributed by atoms with van der Waals surface area (Å²) in [5.41, 5.74) is 14.5. The molecule has 0 aliphatic rings. The summed E-state index contributed by atoms with van der Waals surface area (Å²) >= 11 is 0. The van der Waals surface area contributed by atoms with Gasteiger partial charge in [0, 0.05) is 16.7 Å². The maximum atomic E-state index is 5.18. The highest BCUT2D eigenvalue weighted by molar-refractivity contribution is 6.29. The third-order valence-electron chi connectivity index (χ3n) is 12.7. The Balaban J connectivity index is 1.01. The zero-order valence-electron chi connectivity index (χ0n) is 35.0. The van der Waals surface area contributed by atoms with Crippen molar-refractivity contribution in [1.82, 2.24) is 9.97 Å². The van der Waals surface area contributed by atoms with Gasteiger partial charge in [0.25, 0.3) is 0 Å². The first-order valence-electron chi connectivity index (χ1n) is 21.9. The van der Waals surface area contributed by atoms with Gasteiger partial charge in [0.15, 0.2) is 5.82 Å². The normalized spacial score (nSPS) is 11.4. The molecule has 11 aromatic carbocycles. The maximum absolute atomic E-state index is 5.18. The Kier molecular flexibility index (Phi) is 9.20. The third-order valence-corrected chi connectivity index (χ3v) is 12.7. The van der Waals surface area contributed by atoms with Crippen molar-refractivity contribution < 1.29 is 0 Å². The highest BCUT2D eigenvalue weighted by Crippen LogP contribution is 2.48. The highest BCUT2D eigenvalue weighted by Gasteiger charge is 2.21. The van der Waals surface area contributed by atoms with Crippen LogP contribution in [0.1, 0.15) is 0 Å². The Labute approximate surface area is 372 Å². The van der Waals surface area contributed by atoms with E-state index in [1.807, 2.05) is 18.2 Å². The fraction of sp³-hybridized carbons (Fsp3) is 0. The quantitative estimate of drug-likeness (QED) is 0.118. The SMILES string of the molecule is c1ccc(-c2nc(-c3ccc(-c4ccc(-c5c6ccccc6c(-c6ccccc6)c6c5ccc5ccccc56)c5ccccc45)cc3)cc(-c3ccccc3-c3ccccc3)n2)cc1. The molecule has 1 aromatic heterocycles. The molecule has 0 aliphatic carbocycles. The summed E-state index contributed by atoms with van der Waals surface area (Å²) in [5.74, 6) is 0.700. The van der Waals surface area contributed by atoms with Gasteiger partial charge in [-0.15, -0.1) is 0 Å². The zero-order valence-corrected chi connectivity index (χ0v) is 35.0. The van der Waals surface area contributed by atoms with E-state index < -0.39 is 0 Å². The van der Waals surface area contributed by atoms with E-state index in [1.54, 1.807) is 0 Å². The minimum atomic E-state index is 0.700. The first-order chi connectivity index (χ1) is 31.8. The van der Waals surface area contributed by atoms with Gasteiger partial charge in [0.2, 0.25) is 0 Å². The van der Waals surface area contributed by atoms with Gasteiger partial charge in [-0.3, -0.25) is 0 Å². The second kappa shape index (κ2) is 15.8. The van der Waals surface area contributed by atoms with Crippen LogP contribution in [0.5, 0.6) is 0 Å². The lowest BCUT2D eigenvalue weighted by Gasteiger charge is -2.21. The highest BCUT2D eigenvalue weighted by atomic mass is 14.9. The molecule has 0 N–H and O–H groups in total. The van der Waals surface area contributed by atoms with Crippen LogP contribution in [0.25, 0.3) is 122 Å². The Morgan fingerprint density at radius 1 is 0.234 bits per heavy atom. The summed E-state index contributed by atoms with van der Waals surface area (Å²) in [6, 6.07) is 87.2. The Bertz CT molecular complexity index is 3690. The van der Waals surface area contributed by atoms with Gasteiger partial charge in [-0.1, -0.05) is 237 Å². The van der Waals surface area contributed by atoms with E-state index in [-0.39, 0.29) is 0 Å². The molecule has 0 amide bonds.